The maximum Gasteiger partial charge on any atom is 0.307 e. The molecule has 1 aromatic heterocycles. The van der Waals surface area contributed by atoms with Gasteiger partial charge in [-0.2, -0.15) is 0 Å². The van der Waals surface area contributed by atoms with Crippen LogP contribution in [-0.2, 0) is 16.0 Å². The molecule has 172 valence electrons. The van der Waals surface area contributed by atoms with E-state index in [4.69, 9.17) is 16.7 Å². The third kappa shape index (κ3) is 4.16. The van der Waals surface area contributed by atoms with Crippen molar-refractivity contribution in [2.24, 2.45) is 0 Å². The maximum absolute atomic E-state index is 13.3. The van der Waals surface area contributed by atoms with Crippen molar-refractivity contribution in [1.29, 1.82) is 0 Å². The van der Waals surface area contributed by atoms with Gasteiger partial charge >= 0.3 is 5.97 Å². The first-order valence-corrected chi connectivity index (χ1v) is 11.0. The van der Waals surface area contributed by atoms with Crippen LogP contribution >= 0.6 is 22.9 Å². The molecule has 1 amide bonds. The van der Waals surface area contributed by atoms with Crippen molar-refractivity contribution in [3.8, 4) is 0 Å². The van der Waals surface area contributed by atoms with Crippen LogP contribution in [0.1, 0.15) is 26.8 Å². The summed E-state index contributed by atoms with van der Waals surface area (Å²) in [5.74, 6) is -3.33. The molecule has 11 heteroatoms. The molecule has 2 heterocycles. The van der Waals surface area contributed by atoms with Crippen LogP contribution in [0.25, 0.3) is 0 Å². The first-order valence-electron chi connectivity index (χ1n) is 9.78. The van der Waals surface area contributed by atoms with Gasteiger partial charge in [0.2, 0.25) is 5.78 Å². The number of non-ortho nitro benzene ring substituents is 1. The molecule has 0 aliphatic carbocycles. The molecule has 0 saturated carbocycles. The van der Waals surface area contributed by atoms with E-state index in [1.54, 1.807) is 11.4 Å². The van der Waals surface area contributed by atoms with Gasteiger partial charge in [0.15, 0.2) is 5.76 Å². The number of aliphatic carboxylic acids is 1. The number of ketones is 1. The Morgan fingerprint density at radius 2 is 1.85 bits per heavy atom. The van der Waals surface area contributed by atoms with E-state index >= 15 is 0 Å². The fourth-order valence-electron chi connectivity index (χ4n) is 3.74. The molecule has 34 heavy (non-hydrogen) atoms. The van der Waals surface area contributed by atoms with E-state index in [2.05, 4.69) is 0 Å². The highest BCUT2D eigenvalue weighted by molar-refractivity contribution is 7.12. The van der Waals surface area contributed by atoms with Gasteiger partial charge in [0.25, 0.3) is 11.6 Å². The SMILES string of the molecule is O=C(O)Cc1ccc(N2C(=O)C(O)=C(C(=O)c3cccs3)C2c2cc([N+](=O)[O-])ccc2Cl)cc1. The van der Waals surface area contributed by atoms with E-state index < -0.39 is 34.4 Å². The van der Waals surface area contributed by atoms with Crippen molar-refractivity contribution >= 4 is 52.0 Å². The molecule has 1 unspecified atom stereocenters. The predicted molar refractivity (Wildman–Crippen MR) is 124 cm³/mol. The number of anilines is 1. The molecule has 9 nitrogen and oxygen atoms in total. The summed E-state index contributed by atoms with van der Waals surface area (Å²) in [7, 11) is 0. The van der Waals surface area contributed by atoms with Crippen LogP contribution in [0.5, 0.6) is 0 Å². The van der Waals surface area contributed by atoms with E-state index in [9.17, 15) is 29.6 Å². The summed E-state index contributed by atoms with van der Waals surface area (Å²) < 4.78 is 0. The molecular formula is C23H15ClN2O7S. The molecule has 0 radical (unpaired) electrons. The third-order valence-electron chi connectivity index (χ3n) is 5.25. The highest BCUT2D eigenvalue weighted by Gasteiger charge is 2.46. The van der Waals surface area contributed by atoms with Gasteiger partial charge in [-0.05, 0) is 35.2 Å². The van der Waals surface area contributed by atoms with E-state index in [1.807, 2.05) is 0 Å². The number of hydrogen-bond donors (Lipinski definition) is 2. The third-order valence-corrected chi connectivity index (χ3v) is 6.47. The first kappa shape index (κ1) is 23.1. The largest absolute Gasteiger partial charge is 0.503 e. The minimum Gasteiger partial charge on any atom is -0.503 e. The summed E-state index contributed by atoms with van der Waals surface area (Å²) in [5, 5.41) is 32.9. The highest BCUT2D eigenvalue weighted by Crippen LogP contribution is 2.45. The van der Waals surface area contributed by atoms with Gasteiger partial charge in [-0.15, -0.1) is 11.3 Å². The van der Waals surface area contributed by atoms with Gasteiger partial charge in [-0.3, -0.25) is 29.4 Å². The van der Waals surface area contributed by atoms with Crippen LogP contribution in [0.3, 0.4) is 0 Å². The molecule has 2 N–H and O–H groups in total. The number of Topliss-reactive ketones (excluding diaryl/α,β-unsaturated/α-hetero) is 1. The Balaban J connectivity index is 1.89. The smallest absolute Gasteiger partial charge is 0.307 e. The van der Waals surface area contributed by atoms with Crippen molar-refractivity contribution in [1.82, 2.24) is 0 Å². The number of amides is 1. The lowest BCUT2D eigenvalue weighted by molar-refractivity contribution is -0.384. The van der Waals surface area contributed by atoms with Crippen LogP contribution in [0.4, 0.5) is 11.4 Å². The minimum absolute atomic E-state index is 0.0575. The summed E-state index contributed by atoms with van der Waals surface area (Å²) in [6, 6.07) is 11.5. The summed E-state index contributed by atoms with van der Waals surface area (Å²) >= 11 is 7.48. The highest BCUT2D eigenvalue weighted by atomic mass is 35.5. The number of hydrogen-bond acceptors (Lipinski definition) is 7. The number of thiophene rings is 1. The van der Waals surface area contributed by atoms with E-state index in [0.29, 0.717) is 5.56 Å². The number of nitrogens with zero attached hydrogens (tertiary/aromatic N) is 2. The molecule has 1 atom stereocenters. The average molecular weight is 499 g/mol. The Labute approximate surface area is 201 Å². The summed E-state index contributed by atoms with van der Waals surface area (Å²) in [4.78, 5) is 49.6. The lowest BCUT2D eigenvalue weighted by atomic mass is 9.94. The topological polar surface area (TPSA) is 138 Å². The molecule has 0 bridgehead atoms. The van der Waals surface area contributed by atoms with E-state index in [-0.39, 0.29) is 38.8 Å². The van der Waals surface area contributed by atoms with Crippen LogP contribution in [0.15, 0.2) is 71.3 Å². The average Bonchev–Trinajstić information content (AvgIpc) is 3.41. The molecule has 2 aromatic carbocycles. The number of nitro benzene ring substituents is 1. The van der Waals surface area contributed by atoms with E-state index in [1.165, 1.54) is 42.5 Å². The van der Waals surface area contributed by atoms with Crippen LogP contribution in [0, 0.1) is 10.1 Å². The van der Waals surface area contributed by atoms with Gasteiger partial charge in [0.1, 0.15) is 0 Å². The molecule has 0 saturated heterocycles. The zero-order chi connectivity index (χ0) is 24.6. The maximum atomic E-state index is 13.3. The number of nitro groups is 1. The van der Waals surface area contributed by atoms with Crippen molar-refractivity contribution in [3.05, 3.63) is 102 Å². The molecule has 1 aliphatic heterocycles. The number of benzene rings is 2. The Morgan fingerprint density at radius 1 is 1.15 bits per heavy atom. The Morgan fingerprint density at radius 3 is 2.44 bits per heavy atom. The number of carboxylic acids is 1. The molecular weight excluding hydrogens is 484 g/mol. The van der Waals surface area contributed by atoms with Crippen LogP contribution in [-0.4, -0.2) is 32.8 Å². The molecule has 4 rings (SSSR count). The Kier molecular flexibility index (Phi) is 6.18. The lowest BCUT2D eigenvalue weighted by Gasteiger charge is -2.27. The standard InChI is InChI=1S/C23H15ClN2O7S/c24-16-8-7-14(26(32)33)11-15(16)20-19(21(29)17-2-1-9-34-17)22(30)23(31)25(20)13-5-3-12(4-6-13)10-18(27)28/h1-9,11,20,30H,10H2,(H,27,28). The van der Waals surface area contributed by atoms with Crippen molar-refractivity contribution in [2.45, 2.75) is 12.5 Å². The Hall–Kier alpha value is -4.02. The number of carbonyl (C=O) groups is 3. The molecule has 0 spiro atoms. The molecule has 0 fully saturated rings. The van der Waals surface area contributed by atoms with Crippen molar-refractivity contribution in [3.63, 3.8) is 0 Å². The van der Waals surface area contributed by atoms with Crippen molar-refractivity contribution < 1.29 is 29.5 Å². The number of carbonyl (C=O) groups excluding carboxylic acids is 2. The number of rotatable bonds is 7. The minimum atomic E-state index is -1.25. The monoisotopic (exact) mass is 498 g/mol. The normalized spacial score (nSPS) is 15.6. The summed E-state index contributed by atoms with van der Waals surface area (Å²) in [6.45, 7) is 0. The second kappa shape index (κ2) is 9.08. The number of carboxylic acid groups (broad SMARTS) is 1. The van der Waals surface area contributed by atoms with Gasteiger partial charge < -0.3 is 10.2 Å². The fourth-order valence-corrected chi connectivity index (χ4v) is 4.64. The quantitative estimate of drug-likeness (QED) is 0.273. The van der Waals surface area contributed by atoms with Gasteiger partial charge in [-0.1, -0.05) is 29.8 Å². The number of aliphatic hydroxyl groups excluding tert-OH is 1. The van der Waals surface area contributed by atoms with Gasteiger partial charge in [0.05, 0.1) is 27.8 Å². The first-order chi connectivity index (χ1) is 16.2. The van der Waals surface area contributed by atoms with E-state index in [0.717, 1.165) is 22.3 Å². The van der Waals surface area contributed by atoms with Crippen LogP contribution in [0.2, 0.25) is 5.02 Å². The molecule has 3 aromatic rings. The zero-order valence-corrected chi connectivity index (χ0v) is 18.7. The zero-order valence-electron chi connectivity index (χ0n) is 17.2. The summed E-state index contributed by atoms with van der Waals surface area (Å²) in [5.41, 5.74) is 0.234. The Bertz CT molecular complexity index is 1350. The number of aliphatic hydroxyl groups is 1. The van der Waals surface area contributed by atoms with Gasteiger partial charge in [0, 0.05) is 28.4 Å². The number of halogens is 1. The molecule has 1 aliphatic rings. The lowest BCUT2D eigenvalue weighted by Crippen LogP contribution is -2.31. The van der Waals surface area contributed by atoms with Crippen LogP contribution < -0.4 is 4.90 Å². The second-order valence-electron chi connectivity index (χ2n) is 7.35. The second-order valence-corrected chi connectivity index (χ2v) is 8.70. The fraction of sp³-hybridized carbons (Fsp3) is 0.0870. The predicted octanol–water partition coefficient (Wildman–Crippen LogP) is 4.72. The van der Waals surface area contributed by atoms with Gasteiger partial charge in [-0.25, -0.2) is 0 Å². The summed E-state index contributed by atoms with van der Waals surface area (Å²) in [6.07, 6.45) is -0.236. The van der Waals surface area contributed by atoms with Crippen molar-refractivity contribution in [2.75, 3.05) is 4.90 Å².